The van der Waals surface area contributed by atoms with E-state index in [0.29, 0.717) is 17.3 Å². The van der Waals surface area contributed by atoms with Crippen molar-refractivity contribution in [2.24, 2.45) is 0 Å². The fourth-order valence-corrected chi connectivity index (χ4v) is 3.08. The summed E-state index contributed by atoms with van der Waals surface area (Å²) in [5.41, 5.74) is 1.68. The van der Waals surface area contributed by atoms with Gasteiger partial charge in [-0.05, 0) is 36.4 Å². The third-order valence-electron chi connectivity index (χ3n) is 3.58. The van der Waals surface area contributed by atoms with Crippen LogP contribution in [0, 0.1) is 0 Å². The second-order valence-corrected chi connectivity index (χ2v) is 7.29. The van der Waals surface area contributed by atoms with Crippen LogP contribution in [0.15, 0.2) is 48.5 Å². The van der Waals surface area contributed by atoms with Gasteiger partial charge in [0.25, 0.3) is 0 Å². The first kappa shape index (κ1) is 17.2. The quantitative estimate of drug-likeness (QED) is 0.641. The zero-order valence-electron chi connectivity index (χ0n) is 13.7. The molecule has 0 fully saturated rings. The number of H-pyrrole nitrogens is 1. The number of nitrogens with one attached hydrogen (secondary N) is 2. The van der Waals surface area contributed by atoms with Gasteiger partial charge in [0.05, 0.1) is 30.4 Å². The summed E-state index contributed by atoms with van der Waals surface area (Å²) < 4.78 is 37.1. The van der Waals surface area contributed by atoms with Crippen LogP contribution >= 0.6 is 0 Å². The van der Waals surface area contributed by atoms with E-state index < -0.39 is 10.0 Å². The van der Waals surface area contributed by atoms with Crippen LogP contribution in [-0.2, 0) is 16.6 Å². The molecule has 0 atom stereocenters. The number of imidazole rings is 1. The Morgan fingerprint density at radius 2 is 1.80 bits per heavy atom. The molecule has 8 heteroatoms. The van der Waals surface area contributed by atoms with Gasteiger partial charge >= 0.3 is 0 Å². The molecule has 0 aliphatic carbocycles. The molecule has 7 nitrogen and oxygen atoms in total. The number of aromatic amines is 1. The van der Waals surface area contributed by atoms with Crippen LogP contribution in [-0.4, -0.2) is 37.9 Å². The maximum Gasteiger partial charge on any atom is 0.215 e. The van der Waals surface area contributed by atoms with Crippen molar-refractivity contribution in [1.82, 2.24) is 14.7 Å². The lowest BCUT2D eigenvalue weighted by atomic mass is 10.3. The lowest BCUT2D eigenvalue weighted by molar-refractivity contribution is 0.339. The molecule has 0 radical (unpaired) electrons. The monoisotopic (exact) mass is 361 g/mol. The SMILES string of the molecule is COc1ccc(OCCS(=O)(=O)NCc2nc3ccccc3[nH]2)cc1. The van der Waals surface area contributed by atoms with Gasteiger partial charge in [0.15, 0.2) is 0 Å². The Kier molecular flexibility index (Phi) is 5.20. The molecule has 1 aromatic heterocycles. The molecule has 0 spiro atoms. The van der Waals surface area contributed by atoms with E-state index >= 15 is 0 Å². The standard InChI is InChI=1S/C17H19N3O4S/c1-23-13-6-8-14(9-7-13)24-10-11-25(21,22)18-12-17-19-15-4-2-3-5-16(15)20-17/h2-9,18H,10-12H2,1H3,(H,19,20). The average molecular weight is 361 g/mol. The molecule has 2 aromatic carbocycles. The second-order valence-electron chi connectivity index (χ2n) is 5.36. The number of benzene rings is 2. The zero-order chi connectivity index (χ0) is 17.7. The van der Waals surface area contributed by atoms with Crippen LogP contribution in [0.3, 0.4) is 0 Å². The number of hydrogen-bond donors (Lipinski definition) is 2. The third-order valence-corrected chi connectivity index (χ3v) is 4.87. The fourth-order valence-electron chi connectivity index (χ4n) is 2.28. The summed E-state index contributed by atoms with van der Waals surface area (Å²) in [6, 6.07) is 14.5. The first-order chi connectivity index (χ1) is 12.1. The smallest absolute Gasteiger partial charge is 0.215 e. The van der Waals surface area contributed by atoms with E-state index in [1.54, 1.807) is 31.4 Å². The minimum atomic E-state index is -3.46. The van der Waals surface area contributed by atoms with Crippen LogP contribution in [0.2, 0.25) is 0 Å². The van der Waals surface area contributed by atoms with Crippen molar-refractivity contribution in [2.75, 3.05) is 19.5 Å². The molecule has 0 aliphatic heterocycles. The van der Waals surface area contributed by atoms with Crippen LogP contribution in [0.25, 0.3) is 11.0 Å². The molecular weight excluding hydrogens is 342 g/mol. The van der Waals surface area contributed by atoms with E-state index in [2.05, 4.69) is 14.7 Å². The highest BCUT2D eigenvalue weighted by molar-refractivity contribution is 7.89. The molecule has 1 heterocycles. The predicted octanol–water partition coefficient (Wildman–Crippen LogP) is 2.07. The average Bonchev–Trinajstić information content (AvgIpc) is 3.04. The van der Waals surface area contributed by atoms with Crippen LogP contribution in [0.5, 0.6) is 11.5 Å². The van der Waals surface area contributed by atoms with Crippen LogP contribution in [0.4, 0.5) is 0 Å². The number of ether oxygens (including phenoxy) is 2. The number of fused-ring (bicyclic) bond motifs is 1. The molecular formula is C17H19N3O4S. The number of methoxy groups -OCH3 is 1. The van der Waals surface area contributed by atoms with Crippen LogP contribution < -0.4 is 14.2 Å². The van der Waals surface area contributed by atoms with Gasteiger partial charge in [0.1, 0.15) is 23.9 Å². The van der Waals surface area contributed by atoms with E-state index in [1.165, 1.54) is 0 Å². The Hall–Kier alpha value is -2.58. The number of para-hydroxylation sites is 2. The number of hydrogen-bond acceptors (Lipinski definition) is 5. The highest BCUT2D eigenvalue weighted by Gasteiger charge is 2.12. The predicted molar refractivity (Wildman–Crippen MR) is 95.2 cm³/mol. The Bertz CT molecular complexity index is 903. The maximum atomic E-state index is 12.1. The maximum absolute atomic E-state index is 12.1. The van der Waals surface area contributed by atoms with Crippen molar-refractivity contribution in [3.63, 3.8) is 0 Å². The molecule has 2 N–H and O–H groups in total. The molecule has 0 saturated carbocycles. The Labute approximate surface area is 146 Å². The molecule has 3 aromatic rings. The summed E-state index contributed by atoms with van der Waals surface area (Å²) in [5, 5.41) is 0. The fraction of sp³-hybridized carbons (Fsp3) is 0.235. The summed E-state index contributed by atoms with van der Waals surface area (Å²) >= 11 is 0. The zero-order valence-corrected chi connectivity index (χ0v) is 14.5. The van der Waals surface area contributed by atoms with Crippen molar-refractivity contribution >= 4 is 21.1 Å². The molecule has 0 bridgehead atoms. The topological polar surface area (TPSA) is 93.3 Å². The molecule has 3 rings (SSSR count). The van der Waals surface area contributed by atoms with Gasteiger partial charge in [0.2, 0.25) is 10.0 Å². The van der Waals surface area contributed by atoms with E-state index in [1.807, 2.05) is 24.3 Å². The van der Waals surface area contributed by atoms with Gasteiger partial charge < -0.3 is 14.5 Å². The van der Waals surface area contributed by atoms with Gasteiger partial charge in [-0.3, -0.25) is 0 Å². The first-order valence-corrected chi connectivity index (χ1v) is 9.39. The highest BCUT2D eigenvalue weighted by atomic mass is 32.2. The Balaban J connectivity index is 1.49. The largest absolute Gasteiger partial charge is 0.497 e. The lowest BCUT2D eigenvalue weighted by Crippen LogP contribution is -2.29. The van der Waals surface area contributed by atoms with E-state index in [0.717, 1.165) is 11.0 Å². The molecule has 0 unspecified atom stereocenters. The summed E-state index contributed by atoms with van der Waals surface area (Å²) in [5.74, 6) is 1.74. The van der Waals surface area contributed by atoms with Crippen molar-refractivity contribution in [3.05, 3.63) is 54.4 Å². The summed E-state index contributed by atoms with van der Waals surface area (Å²) in [6.45, 7) is 0.168. The summed E-state index contributed by atoms with van der Waals surface area (Å²) in [6.07, 6.45) is 0. The third kappa shape index (κ3) is 4.71. The highest BCUT2D eigenvalue weighted by Crippen LogP contribution is 2.17. The van der Waals surface area contributed by atoms with Gasteiger partial charge in [-0.15, -0.1) is 0 Å². The van der Waals surface area contributed by atoms with Crippen molar-refractivity contribution in [2.45, 2.75) is 6.54 Å². The number of rotatable bonds is 8. The second kappa shape index (κ2) is 7.54. The number of aromatic nitrogens is 2. The lowest BCUT2D eigenvalue weighted by Gasteiger charge is -2.08. The summed E-state index contributed by atoms with van der Waals surface area (Å²) in [7, 11) is -1.88. The first-order valence-electron chi connectivity index (χ1n) is 7.73. The molecule has 0 saturated heterocycles. The normalized spacial score (nSPS) is 11.6. The van der Waals surface area contributed by atoms with Gasteiger partial charge in [-0.2, -0.15) is 0 Å². The Morgan fingerprint density at radius 3 is 2.52 bits per heavy atom. The Morgan fingerprint density at radius 1 is 1.08 bits per heavy atom. The minimum absolute atomic E-state index is 0.0573. The van der Waals surface area contributed by atoms with E-state index in [4.69, 9.17) is 9.47 Å². The van der Waals surface area contributed by atoms with Crippen LogP contribution in [0.1, 0.15) is 5.82 Å². The number of sulfonamides is 1. The molecule has 25 heavy (non-hydrogen) atoms. The molecule has 132 valence electrons. The molecule has 0 amide bonds. The minimum Gasteiger partial charge on any atom is -0.497 e. The van der Waals surface area contributed by atoms with Gasteiger partial charge in [0, 0.05) is 0 Å². The van der Waals surface area contributed by atoms with Gasteiger partial charge in [-0.1, -0.05) is 12.1 Å². The van der Waals surface area contributed by atoms with Gasteiger partial charge in [-0.25, -0.2) is 18.1 Å². The van der Waals surface area contributed by atoms with E-state index in [9.17, 15) is 8.42 Å². The number of nitrogens with zero attached hydrogens (tertiary/aromatic N) is 1. The van der Waals surface area contributed by atoms with Crippen molar-refractivity contribution < 1.29 is 17.9 Å². The van der Waals surface area contributed by atoms with Crippen molar-refractivity contribution in [3.8, 4) is 11.5 Å². The summed E-state index contributed by atoms with van der Waals surface area (Å²) in [4.78, 5) is 7.41. The van der Waals surface area contributed by atoms with E-state index in [-0.39, 0.29) is 18.9 Å². The van der Waals surface area contributed by atoms with Crippen molar-refractivity contribution in [1.29, 1.82) is 0 Å². The molecule has 0 aliphatic rings.